The minimum Gasteiger partial charge on any atom is -0.388 e. The molecule has 1 aromatic rings. The zero-order chi connectivity index (χ0) is 16.1. The summed E-state index contributed by atoms with van der Waals surface area (Å²) in [5.41, 5.74) is 2.26. The third kappa shape index (κ3) is 3.86. The molecule has 1 unspecified atom stereocenters. The highest BCUT2D eigenvalue weighted by molar-refractivity contribution is 5.57. The molecule has 122 valence electrons. The SMILES string of the molecule is CNC1CCC(CNC2=CC=C(n3cccc3)C(C#N)C2)CC1. The molecule has 4 heteroatoms. The van der Waals surface area contributed by atoms with Gasteiger partial charge in [0.05, 0.1) is 12.0 Å². The fourth-order valence-electron chi connectivity index (χ4n) is 3.64. The van der Waals surface area contributed by atoms with Crippen molar-refractivity contribution in [2.75, 3.05) is 13.6 Å². The van der Waals surface area contributed by atoms with Crippen LogP contribution in [-0.2, 0) is 0 Å². The maximum absolute atomic E-state index is 9.49. The van der Waals surface area contributed by atoms with Crippen molar-refractivity contribution < 1.29 is 0 Å². The highest BCUT2D eigenvalue weighted by atomic mass is 15.0. The maximum Gasteiger partial charge on any atom is 0.0922 e. The summed E-state index contributed by atoms with van der Waals surface area (Å²) in [6, 6.07) is 7.14. The molecule has 0 aliphatic heterocycles. The number of nitriles is 1. The molecule has 2 N–H and O–H groups in total. The van der Waals surface area contributed by atoms with E-state index in [1.807, 2.05) is 29.1 Å². The highest BCUT2D eigenvalue weighted by Gasteiger charge is 2.22. The molecule has 0 spiro atoms. The van der Waals surface area contributed by atoms with Crippen molar-refractivity contribution in [3.05, 3.63) is 42.4 Å². The largest absolute Gasteiger partial charge is 0.388 e. The Morgan fingerprint density at radius 2 is 1.91 bits per heavy atom. The third-order valence-electron chi connectivity index (χ3n) is 5.17. The number of allylic oxidation sites excluding steroid dienone is 4. The van der Waals surface area contributed by atoms with E-state index in [0.717, 1.165) is 24.6 Å². The molecule has 2 aliphatic carbocycles. The van der Waals surface area contributed by atoms with Gasteiger partial charge in [0.1, 0.15) is 0 Å². The summed E-state index contributed by atoms with van der Waals surface area (Å²) in [5.74, 6) is 0.686. The van der Waals surface area contributed by atoms with E-state index in [4.69, 9.17) is 0 Å². The van der Waals surface area contributed by atoms with Gasteiger partial charge in [-0.25, -0.2) is 0 Å². The molecule has 2 aliphatic rings. The Morgan fingerprint density at radius 3 is 2.57 bits per heavy atom. The van der Waals surface area contributed by atoms with Gasteiger partial charge in [0, 0.05) is 42.8 Å². The lowest BCUT2D eigenvalue weighted by Gasteiger charge is -2.29. The van der Waals surface area contributed by atoms with Crippen molar-refractivity contribution in [3.63, 3.8) is 0 Å². The fourth-order valence-corrected chi connectivity index (χ4v) is 3.64. The topological polar surface area (TPSA) is 52.8 Å². The number of hydrogen-bond acceptors (Lipinski definition) is 3. The van der Waals surface area contributed by atoms with Crippen molar-refractivity contribution >= 4 is 5.70 Å². The molecule has 1 fully saturated rings. The van der Waals surface area contributed by atoms with Crippen LogP contribution >= 0.6 is 0 Å². The van der Waals surface area contributed by atoms with Gasteiger partial charge in [-0.3, -0.25) is 0 Å². The van der Waals surface area contributed by atoms with Crippen LogP contribution in [0, 0.1) is 23.2 Å². The lowest BCUT2D eigenvalue weighted by molar-refractivity contribution is 0.297. The Labute approximate surface area is 138 Å². The third-order valence-corrected chi connectivity index (χ3v) is 5.17. The van der Waals surface area contributed by atoms with Crippen molar-refractivity contribution in [1.29, 1.82) is 5.26 Å². The molecule has 23 heavy (non-hydrogen) atoms. The zero-order valence-corrected chi connectivity index (χ0v) is 13.8. The molecule has 0 radical (unpaired) electrons. The average molecular weight is 310 g/mol. The Kier molecular flexibility index (Phi) is 5.19. The van der Waals surface area contributed by atoms with Crippen LogP contribution in [0.5, 0.6) is 0 Å². The van der Waals surface area contributed by atoms with Crippen LogP contribution in [0.1, 0.15) is 32.1 Å². The van der Waals surface area contributed by atoms with E-state index in [2.05, 4.69) is 35.9 Å². The molecule has 0 bridgehead atoms. The van der Waals surface area contributed by atoms with Crippen molar-refractivity contribution in [2.45, 2.75) is 38.1 Å². The second kappa shape index (κ2) is 7.52. The van der Waals surface area contributed by atoms with Crippen LogP contribution in [0.15, 0.2) is 42.4 Å². The lowest BCUT2D eigenvalue weighted by Crippen LogP contribution is -2.34. The molecule has 1 aromatic heterocycles. The minimum absolute atomic E-state index is 0.0741. The van der Waals surface area contributed by atoms with Gasteiger partial charge in [0.25, 0.3) is 0 Å². The molecule has 3 rings (SSSR count). The number of hydrogen-bond donors (Lipinski definition) is 2. The van der Waals surface area contributed by atoms with E-state index < -0.39 is 0 Å². The van der Waals surface area contributed by atoms with Gasteiger partial charge in [-0.2, -0.15) is 5.26 Å². The number of nitrogens with zero attached hydrogens (tertiary/aromatic N) is 2. The van der Waals surface area contributed by atoms with Crippen molar-refractivity contribution in [2.24, 2.45) is 11.8 Å². The van der Waals surface area contributed by atoms with Crippen LogP contribution in [0.3, 0.4) is 0 Å². The molecular weight excluding hydrogens is 284 g/mol. The van der Waals surface area contributed by atoms with E-state index in [1.165, 1.54) is 31.4 Å². The van der Waals surface area contributed by atoms with Gasteiger partial charge < -0.3 is 15.2 Å². The minimum atomic E-state index is -0.0741. The fraction of sp³-hybridized carbons (Fsp3) is 0.526. The van der Waals surface area contributed by atoms with Gasteiger partial charge >= 0.3 is 0 Å². The predicted octanol–water partition coefficient (Wildman–Crippen LogP) is 3.12. The number of rotatable bonds is 5. The molecule has 0 amide bonds. The van der Waals surface area contributed by atoms with Gasteiger partial charge in [0.15, 0.2) is 0 Å². The summed E-state index contributed by atoms with van der Waals surface area (Å²) in [5, 5.41) is 16.5. The average Bonchev–Trinajstić information content (AvgIpc) is 3.14. The molecule has 0 saturated heterocycles. The smallest absolute Gasteiger partial charge is 0.0922 e. The van der Waals surface area contributed by atoms with Crippen LogP contribution in [0.4, 0.5) is 0 Å². The summed E-state index contributed by atoms with van der Waals surface area (Å²) in [4.78, 5) is 0. The Bertz CT molecular complexity index is 598. The quantitative estimate of drug-likeness (QED) is 0.878. The summed E-state index contributed by atoms with van der Waals surface area (Å²) < 4.78 is 2.04. The van der Waals surface area contributed by atoms with E-state index in [0.29, 0.717) is 6.04 Å². The number of aromatic nitrogens is 1. The van der Waals surface area contributed by atoms with E-state index >= 15 is 0 Å². The Hall–Kier alpha value is -1.99. The van der Waals surface area contributed by atoms with Crippen LogP contribution in [-0.4, -0.2) is 24.2 Å². The first-order valence-corrected chi connectivity index (χ1v) is 8.65. The first-order valence-electron chi connectivity index (χ1n) is 8.65. The number of nitrogens with one attached hydrogen (secondary N) is 2. The van der Waals surface area contributed by atoms with Gasteiger partial charge in [-0.1, -0.05) is 0 Å². The zero-order valence-electron chi connectivity index (χ0n) is 13.8. The Morgan fingerprint density at radius 1 is 1.17 bits per heavy atom. The van der Waals surface area contributed by atoms with Crippen LogP contribution in [0.2, 0.25) is 0 Å². The highest BCUT2D eigenvalue weighted by Crippen LogP contribution is 2.28. The second-order valence-corrected chi connectivity index (χ2v) is 6.65. The normalized spacial score (nSPS) is 27.7. The molecule has 1 saturated carbocycles. The molecule has 4 nitrogen and oxygen atoms in total. The van der Waals surface area contributed by atoms with E-state index in [-0.39, 0.29) is 5.92 Å². The van der Waals surface area contributed by atoms with Crippen LogP contribution in [0.25, 0.3) is 5.70 Å². The first-order chi connectivity index (χ1) is 11.3. The molecule has 0 aromatic carbocycles. The standard InChI is InChI=1S/C19H26N4/c1-21-17-6-4-15(5-7-17)14-22-18-8-9-19(16(12-18)13-20)23-10-2-3-11-23/h2-3,8-11,15-17,21-22H,4-7,12,14H2,1H3. The summed E-state index contributed by atoms with van der Waals surface area (Å²) in [6.45, 7) is 1.03. The van der Waals surface area contributed by atoms with Gasteiger partial charge in [0.2, 0.25) is 0 Å². The summed E-state index contributed by atoms with van der Waals surface area (Å²) >= 11 is 0. The Balaban J connectivity index is 1.56. The van der Waals surface area contributed by atoms with Gasteiger partial charge in [-0.15, -0.1) is 0 Å². The molecular formula is C19H26N4. The molecule has 1 heterocycles. The van der Waals surface area contributed by atoms with E-state index in [9.17, 15) is 5.26 Å². The van der Waals surface area contributed by atoms with Crippen LogP contribution < -0.4 is 10.6 Å². The maximum atomic E-state index is 9.49. The monoisotopic (exact) mass is 310 g/mol. The second-order valence-electron chi connectivity index (χ2n) is 6.65. The van der Waals surface area contributed by atoms with Gasteiger partial charge in [-0.05, 0) is 62.9 Å². The predicted molar refractivity (Wildman–Crippen MR) is 93.3 cm³/mol. The van der Waals surface area contributed by atoms with Crippen molar-refractivity contribution in [1.82, 2.24) is 15.2 Å². The lowest BCUT2D eigenvalue weighted by atomic mass is 9.86. The summed E-state index contributed by atoms with van der Waals surface area (Å²) in [7, 11) is 2.06. The van der Waals surface area contributed by atoms with E-state index in [1.54, 1.807) is 0 Å². The summed E-state index contributed by atoms with van der Waals surface area (Å²) in [6.07, 6.45) is 14.1. The first kappa shape index (κ1) is 15.9. The van der Waals surface area contributed by atoms with Crippen molar-refractivity contribution in [3.8, 4) is 6.07 Å². The molecule has 1 atom stereocenters.